The van der Waals surface area contributed by atoms with Crippen LogP contribution in [0.3, 0.4) is 0 Å². The number of hydrogen-bond donors (Lipinski definition) is 16. The molecular formula is C30H57F2N7O16. The predicted molar refractivity (Wildman–Crippen MR) is 178 cm³/mol. The molecule has 2 unspecified atom stereocenters. The van der Waals surface area contributed by atoms with Gasteiger partial charge < -0.3 is 114 Å². The van der Waals surface area contributed by atoms with Gasteiger partial charge in [0.05, 0.1) is 56.2 Å². The molecule has 20 atom stereocenters. The third-order valence-electron chi connectivity index (χ3n) is 10.1. The van der Waals surface area contributed by atoms with E-state index in [0.29, 0.717) is 0 Å². The van der Waals surface area contributed by atoms with Gasteiger partial charge in [0.25, 0.3) is 11.8 Å². The van der Waals surface area contributed by atoms with Gasteiger partial charge in [0.2, 0.25) is 0 Å². The summed E-state index contributed by atoms with van der Waals surface area (Å²) in [6.45, 7) is -3.01. The van der Waals surface area contributed by atoms with Gasteiger partial charge in [0.1, 0.15) is 54.9 Å². The van der Waals surface area contributed by atoms with Crippen molar-refractivity contribution < 1.29 is 88.0 Å². The summed E-state index contributed by atoms with van der Waals surface area (Å²) in [5.74, 6) is -5.64. The van der Waals surface area contributed by atoms with E-state index < -0.39 is 154 Å². The van der Waals surface area contributed by atoms with Crippen LogP contribution in [0.4, 0.5) is 8.78 Å². The Balaban J connectivity index is 1.57. The number of halogens is 2. The number of ether oxygens (including phenoxy) is 6. The number of carbonyl (C=O) groups excluding carboxylic acids is 1. The number of rotatable bonds is 17. The summed E-state index contributed by atoms with van der Waals surface area (Å²) in [6, 6.07) is -5.06. The SMILES string of the molecule is NC[C@@H]1O[C@H](O[C@H]2[C@@H](O)[C@H](O[C@@H]3[C@@H](O)[C@H](NC(=O)C(O)C(F)(F)CN)C[C@H](N)[C@H]3O[C@H]3O[C@H](CNCC(O)CO)[C@@H](O)C[C@H]3N)O[C@@H]2CO)[C@H](N)[C@@H](O)[C@@H]1O. The number of carbonyl (C=O) groups is 1. The number of nitrogens with one attached hydrogen (secondary N) is 2. The molecule has 3 saturated heterocycles. The van der Waals surface area contributed by atoms with Gasteiger partial charge in [-0.05, 0) is 12.8 Å². The third kappa shape index (κ3) is 10.8. The lowest BCUT2D eigenvalue weighted by atomic mass is 9.83. The molecule has 0 bridgehead atoms. The van der Waals surface area contributed by atoms with E-state index in [1.54, 1.807) is 0 Å². The molecule has 21 N–H and O–H groups in total. The highest BCUT2D eigenvalue weighted by Gasteiger charge is 2.55. The maximum Gasteiger partial charge on any atom is 0.294 e. The minimum atomic E-state index is -4.03. The van der Waals surface area contributed by atoms with Crippen LogP contribution in [0.25, 0.3) is 0 Å². The number of hydrogen-bond acceptors (Lipinski definition) is 22. The molecule has 55 heavy (non-hydrogen) atoms. The second kappa shape index (κ2) is 20.0. The maximum atomic E-state index is 14.1. The van der Waals surface area contributed by atoms with Crippen molar-refractivity contribution in [1.82, 2.24) is 10.6 Å². The van der Waals surface area contributed by atoms with Gasteiger partial charge in [-0.1, -0.05) is 0 Å². The predicted octanol–water partition coefficient (Wildman–Crippen LogP) is -9.77. The summed E-state index contributed by atoms with van der Waals surface area (Å²) >= 11 is 0. The Morgan fingerprint density at radius 1 is 0.782 bits per heavy atom. The summed E-state index contributed by atoms with van der Waals surface area (Å²) in [4.78, 5) is 12.7. The van der Waals surface area contributed by atoms with E-state index in [2.05, 4.69) is 10.6 Å². The first-order chi connectivity index (χ1) is 25.9. The zero-order chi connectivity index (χ0) is 40.9. The van der Waals surface area contributed by atoms with Crippen LogP contribution >= 0.6 is 0 Å². The topological polar surface area (TPSA) is 409 Å². The van der Waals surface area contributed by atoms with Crippen LogP contribution in [0.2, 0.25) is 0 Å². The number of aliphatic hydroxyl groups excluding tert-OH is 9. The Morgan fingerprint density at radius 2 is 1.40 bits per heavy atom. The zero-order valence-corrected chi connectivity index (χ0v) is 29.7. The second-order valence-electron chi connectivity index (χ2n) is 14.2. The second-order valence-corrected chi connectivity index (χ2v) is 14.2. The fraction of sp³-hybridized carbons (Fsp3) is 0.967. The van der Waals surface area contributed by atoms with E-state index in [0.717, 1.165) is 0 Å². The Labute approximate surface area is 313 Å². The largest absolute Gasteiger partial charge is 0.394 e. The molecule has 0 aromatic carbocycles. The lowest BCUT2D eigenvalue weighted by Crippen LogP contribution is -2.68. The standard InChI is InChI=1S/C30H57F2N7O16/c31-30(32,8-34)25(48)26(49)39-12-1-10(35)22(53-27-11(36)2-13(43)15(51-27)5-38-4-9(42)6-40)24(18(12)44)55-29-21(47)23(16(7-41)52-29)54-28-17(37)20(46)19(45)14(3-33)50-28/h9-25,27-29,38,40-48H,1-8,33-37H2,(H,39,49)/t9?,10-,11+,12+,13-,14-,15+,16+,17+,18-,19+,20+,21+,22+,23+,24+,25?,27+,28+,29-/m0/s1. The molecule has 0 spiro atoms. The molecule has 3 aliphatic heterocycles. The highest BCUT2D eigenvalue weighted by molar-refractivity contribution is 5.82. The average Bonchev–Trinajstić information content (AvgIpc) is 3.45. The third-order valence-corrected chi connectivity index (χ3v) is 10.1. The van der Waals surface area contributed by atoms with Crippen molar-refractivity contribution in [2.24, 2.45) is 28.7 Å². The Hall–Kier alpha value is -1.51. The monoisotopic (exact) mass is 809 g/mol. The van der Waals surface area contributed by atoms with Crippen LogP contribution in [0.15, 0.2) is 0 Å². The van der Waals surface area contributed by atoms with Crippen LogP contribution in [-0.2, 0) is 33.2 Å². The van der Waals surface area contributed by atoms with E-state index >= 15 is 0 Å². The van der Waals surface area contributed by atoms with Crippen molar-refractivity contribution in [3.8, 4) is 0 Å². The number of amides is 1. The van der Waals surface area contributed by atoms with Crippen LogP contribution in [0.5, 0.6) is 0 Å². The molecule has 0 aromatic heterocycles. The molecule has 3 heterocycles. The highest BCUT2D eigenvalue weighted by Crippen LogP contribution is 2.35. The van der Waals surface area contributed by atoms with Gasteiger partial charge in [-0.3, -0.25) is 4.79 Å². The summed E-state index contributed by atoms with van der Waals surface area (Å²) in [7, 11) is 0. The van der Waals surface area contributed by atoms with E-state index in [1.807, 2.05) is 0 Å². The molecule has 4 fully saturated rings. The van der Waals surface area contributed by atoms with Crippen LogP contribution < -0.4 is 39.3 Å². The van der Waals surface area contributed by atoms with Gasteiger partial charge in [-0.2, -0.15) is 0 Å². The summed E-state index contributed by atoms with van der Waals surface area (Å²) in [6.07, 6.45) is -25.0. The Bertz CT molecular complexity index is 1210. The number of alkyl halides is 2. The zero-order valence-electron chi connectivity index (χ0n) is 29.7. The minimum Gasteiger partial charge on any atom is -0.394 e. The molecule has 1 saturated carbocycles. The number of aliphatic hydroxyl groups is 9. The van der Waals surface area contributed by atoms with E-state index in [1.165, 1.54) is 0 Å². The first-order valence-electron chi connectivity index (χ1n) is 17.9. The van der Waals surface area contributed by atoms with Gasteiger partial charge in [-0.15, -0.1) is 0 Å². The highest BCUT2D eigenvalue weighted by atomic mass is 19.3. The fourth-order valence-electron chi connectivity index (χ4n) is 6.83. The molecule has 23 nitrogen and oxygen atoms in total. The van der Waals surface area contributed by atoms with Crippen molar-refractivity contribution in [1.29, 1.82) is 0 Å². The molecule has 0 radical (unpaired) electrons. The molecule has 322 valence electrons. The Kier molecular flexibility index (Phi) is 16.8. The van der Waals surface area contributed by atoms with Gasteiger partial charge >= 0.3 is 0 Å². The molecular weight excluding hydrogens is 752 g/mol. The molecule has 4 rings (SSSR count). The first kappa shape index (κ1) is 46.2. The smallest absolute Gasteiger partial charge is 0.294 e. The molecule has 0 aromatic rings. The maximum absolute atomic E-state index is 14.1. The molecule has 25 heteroatoms. The average molecular weight is 810 g/mol. The molecule has 1 aliphatic carbocycles. The lowest BCUT2D eigenvalue weighted by Gasteiger charge is -2.47. The molecule has 1 amide bonds. The van der Waals surface area contributed by atoms with Gasteiger partial charge in [0, 0.05) is 25.7 Å². The quantitative estimate of drug-likeness (QED) is 0.0648. The Morgan fingerprint density at radius 3 is 2.02 bits per heavy atom. The van der Waals surface area contributed by atoms with Crippen LogP contribution in [0.1, 0.15) is 12.8 Å². The normalized spacial score (nSPS) is 43.9. The lowest BCUT2D eigenvalue weighted by molar-refractivity contribution is -0.297. The van der Waals surface area contributed by atoms with Crippen LogP contribution in [0, 0.1) is 0 Å². The van der Waals surface area contributed by atoms with E-state index in [9.17, 15) is 54.4 Å². The van der Waals surface area contributed by atoms with Crippen molar-refractivity contribution >= 4 is 5.91 Å². The van der Waals surface area contributed by atoms with Crippen LogP contribution in [-0.4, -0.2) is 220 Å². The summed E-state index contributed by atoms with van der Waals surface area (Å²) in [5.41, 5.74) is 29.3. The fourth-order valence-corrected chi connectivity index (χ4v) is 6.83. The van der Waals surface area contributed by atoms with Gasteiger partial charge in [-0.25, -0.2) is 8.78 Å². The van der Waals surface area contributed by atoms with E-state index in [-0.39, 0.29) is 32.5 Å². The minimum absolute atomic E-state index is 0.0314. The molecule has 4 aliphatic rings. The summed E-state index contributed by atoms with van der Waals surface area (Å²) < 4.78 is 63.3. The van der Waals surface area contributed by atoms with Gasteiger partial charge in [0.15, 0.2) is 25.0 Å². The van der Waals surface area contributed by atoms with Crippen molar-refractivity contribution in [3.05, 3.63) is 0 Å². The van der Waals surface area contributed by atoms with E-state index in [4.69, 9.17) is 62.2 Å². The van der Waals surface area contributed by atoms with Crippen molar-refractivity contribution in [3.63, 3.8) is 0 Å². The first-order valence-corrected chi connectivity index (χ1v) is 17.9. The van der Waals surface area contributed by atoms with Crippen molar-refractivity contribution in [2.75, 3.05) is 39.4 Å². The van der Waals surface area contributed by atoms with Crippen molar-refractivity contribution in [2.45, 2.75) is 141 Å². The number of nitrogens with two attached hydrogens (primary N) is 5. The summed E-state index contributed by atoms with van der Waals surface area (Å²) in [5, 5.41) is 97.9.